The molecule has 0 saturated heterocycles. The molecule has 0 aromatic heterocycles. The molecule has 3 N–H and O–H groups in total. The van der Waals surface area contributed by atoms with Gasteiger partial charge in [-0.1, -0.05) is 18.5 Å². The maximum Gasteiger partial charge on any atom is 0.258 e. The number of hydrogen-bond acceptors (Lipinski definition) is 4. The number of carbonyl (C=O) groups excluding carboxylic acids is 1. The molecule has 106 valence electrons. The number of nitrogens with two attached hydrogens (primary N) is 1. The van der Waals surface area contributed by atoms with Crippen molar-refractivity contribution in [2.24, 2.45) is 5.73 Å². The average molecular weight is 287 g/mol. The molecule has 19 heavy (non-hydrogen) atoms. The summed E-state index contributed by atoms with van der Waals surface area (Å²) in [6.07, 6.45) is -0.255. The second kappa shape index (κ2) is 7.21. The van der Waals surface area contributed by atoms with Gasteiger partial charge in [0.2, 0.25) is 0 Å². The van der Waals surface area contributed by atoms with E-state index in [1.54, 1.807) is 6.07 Å². The molecule has 1 unspecified atom stereocenters. The second-order valence-electron chi connectivity index (χ2n) is 4.06. The van der Waals surface area contributed by atoms with Crippen LogP contribution in [0, 0.1) is 0 Å². The van der Waals surface area contributed by atoms with E-state index < -0.39 is 12.0 Å². The summed E-state index contributed by atoms with van der Waals surface area (Å²) in [5.74, 6) is 0.298. The van der Waals surface area contributed by atoms with E-state index in [4.69, 9.17) is 26.8 Å². The number of amides is 1. The molecule has 5 nitrogen and oxygen atoms in total. The van der Waals surface area contributed by atoms with Gasteiger partial charge in [-0.15, -0.1) is 0 Å². The largest absolute Gasteiger partial charge is 0.493 e. The minimum absolute atomic E-state index is 0.342. The highest BCUT2D eigenvalue weighted by Crippen LogP contribution is 2.37. The predicted octanol–water partition coefficient (Wildman–Crippen LogP) is 1.71. The lowest BCUT2D eigenvalue weighted by Gasteiger charge is -2.18. The summed E-state index contributed by atoms with van der Waals surface area (Å²) >= 11 is 6.17. The molecule has 0 fully saturated rings. The molecular weight excluding hydrogens is 268 g/mol. The van der Waals surface area contributed by atoms with Crippen LogP contribution < -0.4 is 20.5 Å². The van der Waals surface area contributed by atoms with Crippen LogP contribution in [0.25, 0.3) is 0 Å². The van der Waals surface area contributed by atoms with Crippen LogP contribution in [0.1, 0.15) is 18.9 Å². The van der Waals surface area contributed by atoms with E-state index in [9.17, 15) is 4.79 Å². The first-order chi connectivity index (χ1) is 9.03. The Bertz CT molecular complexity index is 452. The zero-order valence-electron chi connectivity index (χ0n) is 11.3. The van der Waals surface area contributed by atoms with E-state index in [-0.39, 0.29) is 0 Å². The summed E-state index contributed by atoms with van der Waals surface area (Å²) in [7, 11) is 3.36. The van der Waals surface area contributed by atoms with Crippen LogP contribution in [0.5, 0.6) is 11.5 Å². The third kappa shape index (κ3) is 4.01. The zero-order valence-corrected chi connectivity index (χ0v) is 12.1. The first kappa shape index (κ1) is 15.6. The van der Waals surface area contributed by atoms with Gasteiger partial charge in [0.1, 0.15) is 0 Å². The molecule has 0 aliphatic heterocycles. The first-order valence-electron chi connectivity index (χ1n) is 6.00. The van der Waals surface area contributed by atoms with Crippen molar-refractivity contribution >= 4 is 17.5 Å². The molecule has 0 saturated carbocycles. The van der Waals surface area contributed by atoms with Crippen molar-refractivity contribution in [3.05, 3.63) is 22.7 Å². The molecule has 6 heteroatoms. The van der Waals surface area contributed by atoms with Gasteiger partial charge in [0.25, 0.3) is 5.91 Å². The molecule has 0 heterocycles. The van der Waals surface area contributed by atoms with Crippen molar-refractivity contribution in [2.45, 2.75) is 26.0 Å². The van der Waals surface area contributed by atoms with Crippen LogP contribution in [0.15, 0.2) is 12.1 Å². The Labute approximate surface area is 118 Å². The highest BCUT2D eigenvalue weighted by atomic mass is 35.5. The fraction of sp³-hybridized carbons (Fsp3) is 0.462. The number of nitrogens with one attached hydrogen (secondary N) is 1. The van der Waals surface area contributed by atoms with Crippen LogP contribution in [-0.2, 0) is 11.3 Å². The smallest absolute Gasteiger partial charge is 0.258 e. The molecule has 1 amide bonds. The van der Waals surface area contributed by atoms with Crippen LogP contribution in [-0.4, -0.2) is 26.2 Å². The van der Waals surface area contributed by atoms with Crippen molar-refractivity contribution in [1.82, 2.24) is 5.32 Å². The lowest BCUT2D eigenvalue weighted by atomic mass is 10.2. The molecular formula is C13H19ClN2O3. The number of halogens is 1. The molecule has 0 bridgehead atoms. The first-order valence-corrected chi connectivity index (χ1v) is 6.38. The van der Waals surface area contributed by atoms with Gasteiger partial charge in [0.05, 0.1) is 12.1 Å². The van der Waals surface area contributed by atoms with Crippen molar-refractivity contribution < 1.29 is 14.3 Å². The summed E-state index contributed by atoms with van der Waals surface area (Å²) in [5, 5.41) is 3.42. The Morgan fingerprint density at radius 2 is 2.21 bits per heavy atom. The number of primary amides is 1. The summed E-state index contributed by atoms with van der Waals surface area (Å²) < 4.78 is 10.8. The van der Waals surface area contributed by atoms with E-state index in [0.717, 1.165) is 5.56 Å². The molecule has 1 rings (SSSR count). The summed E-state index contributed by atoms with van der Waals surface area (Å²) in [6.45, 7) is 2.47. The van der Waals surface area contributed by atoms with Crippen LogP contribution in [0.2, 0.25) is 5.02 Å². The third-order valence-electron chi connectivity index (χ3n) is 2.62. The minimum atomic E-state index is -0.721. The number of hydrogen-bond donors (Lipinski definition) is 2. The number of carbonyl (C=O) groups is 1. The lowest BCUT2D eigenvalue weighted by molar-refractivity contribution is -0.124. The minimum Gasteiger partial charge on any atom is -0.493 e. The number of ether oxygens (including phenoxy) is 2. The Morgan fingerprint density at radius 1 is 1.53 bits per heavy atom. The van der Waals surface area contributed by atoms with Gasteiger partial charge in [-0.2, -0.15) is 0 Å². The molecule has 0 radical (unpaired) electrons. The zero-order chi connectivity index (χ0) is 14.4. The number of benzene rings is 1. The maximum atomic E-state index is 11.2. The van der Waals surface area contributed by atoms with Gasteiger partial charge in [0.15, 0.2) is 17.6 Å². The highest BCUT2D eigenvalue weighted by Gasteiger charge is 2.20. The Morgan fingerprint density at radius 3 is 2.68 bits per heavy atom. The van der Waals surface area contributed by atoms with Crippen LogP contribution >= 0.6 is 11.6 Å². The summed E-state index contributed by atoms with van der Waals surface area (Å²) in [4.78, 5) is 11.2. The fourth-order valence-electron chi connectivity index (χ4n) is 1.68. The van der Waals surface area contributed by atoms with E-state index >= 15 is 0 Å². The topological polar surface area (TPSA) is 73.6 Å². The van der Waals surface area contributed by atoms with Crippen molar-refractivity contribution in [1.29, 1.82) is 0 Å². The summed E-state index contributed by atoms with van der Waals surface area (Å²) in [6, 6.07) is 3.58. The molecule has 0 aliphatic rings. The lowest BCUT2D eigenvalue weighted by Crippen LogP contribution is -2.33. The Balaban J connectivity index is 3.08. The van der Waals surface area contributed by atoms with Gasteiger partial charge in [-0.05, 0) is 31.2 Å². The molecule has 1 aromatic carbocycles. The highest BCUT2D eigenvalue weighted by molar-refractivity contribution is 6.32. The van der Waals surface area contributed by atoms with E-state index in [1.165, 1.54) is 7.11 Å². The van der Waals surface area contributed by atoms with Gasteiger partial charge >= 0.3 is 0 Å². The normalized spacial score (nSPS) is 12.0. The van der Waals surface area contributed by atoms with Gasteiger partial charge in [-0.25, -0.2) is 0 Å². The standard InChI is InChI=1S/C13H19ClN2O3/c1-4-10(13(15)17)19-12-9(14)5-8(7-16-2)6-11(12)18-3/h5-6,10,16H,4,7H2,1-3H3,(H2,15,17). The molecule has 1 atom stereocenters. The van der Waals surface area contributed by atoms with Gasteiger partial charge in [-0.3, -0.25) is 4.79 Å². The van der Waals surface area contributed by atoms with Gasteiger partial charge < -0.3 is 20.5 Å². The van der Waals surface area contributed by atoms with E-state index in [1.807, 2.05) is 20.0 Å². The SMILES string of the molecule is CCC(Oc1c(Cl)cc(CNC)cc1OC)C(N)=O. The summed E-state index contributed by atoms with van der Waals surface area (Å²) in [5.41, 5.74) is 6.22. The van der Waals surface area contributed by atoms with E-state index in [2.05, 4.69) is 5.32 Å². The third-order valence-corrected chi connectivity index (χ3v) is 2.90. The Kier molecular flexibility index (Phi) is 5.92. The molecule has 1 aromatic rings. The number of rotatable bonds is 7. The molecule has 0 spiro atoms. The van der Waals surface area contributed by atoms with Crippen molar-refractivity contribution in [2.75, 3.05) is 14.2 Å². The number of methoxy groups -OCH3 is 1. The van der Waals surface area contributed by atoms with Crippen LogP contribution in [0.3, 0.4) is 0 Å². The Hall–Kier alpha value is -1.46. The average Bonchev–Trinajstić information content (AvgIpc) is 2.37. The predicted molar refractivity (Wildman–Crippen MR) is 74.7 cm³/mol. The van der Waals surface area contributed by atoms with Crippen LogP contribution in [0.4, 0.5) is 0 Å². The van der Waals surface area contributed by atoms with Gasteiger partial charge in [0, 0.05) is 6.54 Å². The quantitative estimate of drug-likeness (QED) is 0.800. The maximum absolute atomic E-state index is 11.2. The van der Waals surface area contributed by atoms with E-state index in [0.29, 0.717) is 29.5 Å². The fourth-order valence-corrected chi connectivity index (χ4v) is 1.96. The second-order valence-corrected chi connectivity index (χ2v) is 4.46. The van der Waals surface area contributed by atoms with Crippen molar-refractivity contribution in [3.63, 3.8) is 0 Å². The molecule has 0 aliphatic carbocycles. The van der Waals surface area contributed by atoms with Crippen molar-refractivity contribution in [3.8, 4) is 11.5 Å². The monoisotopic (exact) mass is 286 g/mol.